The zero-order valence-corrected chi connectivity index (χ0v) is 11.3. The first-order valence-electron chi connectivity index (χ1n) is 5.87. The number of nitrogens with zero attached hydrogens (tertiary/aromatic N) is 1. The van der Waals surface area contributed by atoms with Gasteiger partial charge in [0.1, 0.15) is 0 Å². The van der Waals surface area contributed by atoms with Gasteiger partial charge in [0, 0.05) is 23.2 Å². The van der Waals surface area contributed by atoms with E-state index < -0.39 is 0 Å². The number of aryl methyl sites for hydroxylation is 1. The zero-order chi connectivity index (χ0) is 12.1. The minimum absolute atomic E-state index is 0.169. The minimum Gasteiger partial charge on any atom is -0.395 e. The first-order valence-corrected chi connectivity index (χ1v) is 6.69. The second kappa shape index (κ2) is 6.33. The van der Waals surface area contributed by atoms with Gasteiger partial charge in [-0.1, -0.05) is 20.3 Å². The van der Waals surface area contributed by atoms with Crippen molar-refractivity contribution in [2.45, 2.75) is 46.2 Å². The summed E-state index contributed by atoms with van der Waals surface area (Å²) in [4.78, 5) is 5.49. The van der Waals surface area contributed by atoms with E-state index in [4.69, 9.17) is 0 Å². The molecule has 0 amide bonds. The number of aliphatic hydroxyl groups is 1. The molecule has 0 fully saturated rings. The molecule has 0 aliphatic carbocycles. The highest BCUT2D eigenvalue weighted by molar-refractivity contribution is 7.11. The Balaban J connectivity index is 2.58. The van der Waals surface area contributed by atoms with Gasteiger partial charge in [-0.15, -0.1) is 11.3 Å². The molecule has 0 aliphatic rings. The topological polar surface area (TPSA) is 45.1 Å². The van der Waals surface area contributed by atoms with E-state index >= 15 is 0 Å². The molecule has 2 N–H and O–H groups in total. The van der Waals surface area contributed by atoms with Gasteiger partial charge in [-0.2, -0.15) is 0 Å². The van der Waals surface area contributed by atoms with Crippen molar-refractivity contribution in [1.29, 1.82) is 0 Å². The second-order valence-electron chi connectivity index (χ2n) is 4.34. The molecule has 16 heavy (non-hydrogen) atoms. The summed E-state index contributed by atoms with van der Waals surface area (Å²) < 4.78 is 0. The number of hydrogen-bond acceptors (Lipinski definition) is 4. The summed E-state index contributed by atoms with van der Waals surface area (Å²) in [6.45, 7) is 8.64. The fraction of sp³-hybridized carbons (Fsp3) is 0.750. The molecule has 0 aliphatic heterocycles. The normalized spacial score (nSPS) is 17.1. The molecule has 0 radical (unpaired) electrons. The van der Waals surface area contributed by atoms with Crippen LogP contribution in [-0.4, -0.2) is 22.7 Å². The highest BCUT2D eigenvalue weighted by Crippen LogP contribution is 2.21. The number of aliphatic hydroxyl groups excluding tert-OH is 1. The Morgan fingerprint density at radius 1 is 1.50 bits per heavy atom. The minimum atomic E-state index is 0.169. The van der Waals surface area contributed by atoms with Crippen LogP contribution in [0.4, 0.5) is 0 Å². The highest BCUT2D eigenvalue weighted by atomic mass is 32.1. The molecule has 3 unspecified atom stereocenters. The lowest BCUT2D eigenvalue weighted by molar-refractivity contribution is 0.193. The number of thiazole rings is 1. The lowest BCUT2D eigenvalue weighted by atomic mass is 9.99. The summed E-state index contributed by atoms with van der Waals surface area (Å²) in [6, 6.07) is 0.430. The van der Waals surface area contributed by atoms with Crippen molar-refractivity contribution in [3.05, 3.63) is 16.1 Å². The third-order valence-electron chi connectivity index (χ3n) is 3.06. The van der Waals surface area contributed by atoms with E-state index in [2.05, 4.69) is 31.1 Å². The summed E-state index contributed by atoms with van der Waals surface area (Å²) in [6.07, 6.45) is 3.00. The lowest BCUT2D eigenvalue weighted by Gasteiger charge is -2.25. The molecule has 0 bridgehead atoms. The molecule has 1 heterocycles. The number of nitrogens with one attached hydrogen (secondary N) is 1. The maximum atomic E-state index is 9.35. The lowest BCUT2D eigenvalue weighted by Crippen LogP contribution is -2.39. The van der Waals surface area contributed by atoms with Crippen LogP contribution in [0.15, 0.2) is 6.20 Å². The Labute approximate surface area is 102 Å². The van der Waals surface area contributed by atoms with Crippen LogP contribution in [0.1, 0.15) is 43.1 Å². The smallest absolute Gasteiger partial charge is 0.0897 e. The van der Waals surface area contributed by atoms with Gasteiger partial charge in [0.25, 0.3) is 0 Å². The average molecular weight is 242 g/mol. The van der Waals surface area contributed by atoms with Crippen LogP contribution in [-0.2, 0) is 0 Å². The third kappa shape index (κ3) is 3.54. The highest BCUT2D eigenvalue weighted by Gasteiger charge is 2.18. The molecule has 0 saturated carbocycles. The van der Waals surface area contributed by atoms with Crippen molar-refractivity contribution in [3.63, 3.8) is 0 Å². The maximum Gasteiger partial charge on any atom is 0.0897 e. The standard InChI is InChI=1S/C12H22N2OS/c1-5-8(2)11(7-15)14-9(3)12-6-13-10(4)16-12/h6,8-9,11,14-15H,5,7H2,1-4H3. The van der Waals surface area contributed by atoms with Crippen LogP contribution in [0.3, 0.4) is 0 Å². The number of hydrogen-bond donors (Lipinski definition) is 2. The van der Waals surface area contributed by atoms with Crippen molar-refractivity contribution in [3.8, 4) is 0 Å². The van der Waals surface area contributed by atoms with E-state index in [0.717, 1.165) is 11.4 Å². The zero-order valence-electron chi connectivity index (χ0n) is 10.5. The van der Waals surface area contributed by atoms with Crippen LogP contribution >= 0.6 is 11.3 Å². The Kier molecular flexibility index (Phi) is 5.38. The predicted molar refractivity (Wildman–Crippen MR) is 68.7 cm³/mol. The summed E-state index contributed by atoms with van der Waals surface area (Å²) in [5.74, 6) is 0.487. The molecule has 92 valence electrons. The van der Waals surface area contributed by atoms with Gasteiger partial charge < -0.3 is 10.4 Å². The van der Waals surface area contributed by atoms with Gasteiger partial charge in [0.05, 0.1) is 11.6 Å². The van der Waals surface area contributed by atoms with E-state index in [9.17, 15) is 5.11 Å². The van der Waals surface area contributed by atoms with E-state index in [1.807, 2.05) is 13.1 Å². The summed E-state index contributed by atoms with van der Waals surface area (Å²) in [7, 11) is 0. The van der Waals surface area contributed by atoms with E-state index in [1.54, 1.807) is 11.3 Å². The molecule has 0 saturated heterocycles. The molecule has 0 aromatic carbocycles. The van der Waals surface area contributed by atoms with Gasteiger partial charge >= 0.3 is 0 Å². The molecule has 3 atom stereocenters. The van der Waals surface area contributed by atoms with Crippen LogP contribution in [0.25, 0.3) is 0 Å². The van der Waals surface area contributed by atoms with E-state index in [0.29, 0.717) is 5.92 Å². The first kappa shape index (κ1) is 13.6. The van der Waals surface area contributed by atoms with Crippen LogP contribution in [0.2, 0.25) is 0 Å². The second-order valence-corrected chi connectivity index (χ2v) is 5.61. The molecule has 1 aromatic rings. The maximum absolute atomic E-state index is 9.35. The number of aromatic nitrogens is 1. The predicted octanol–water partition coefficient (Wildman–Crippen LogP) is 2.51. The van der Waals surface area contributed by atoms with E-state index in [1.165, 1.54) is 4.88 Å². The molecule has 1 rings (SSSR count). The summed E-state index contributed by atoms with van der Waals surface area (Å²) >= 11 is 1.71. The molecule has 1 aromatic heterocycles. The van der Waals surface area contributed by atoms with Crippen molar-refractivity contribution >= 4 is 11.3 Å². The fourth-order valence-corrected chi connectivity index (χ4v) is 2.46. The monoisotopic (exact) mass is 242 g/mol. The Bertz CT molecular complexity index is 314. The molecule has 4 heteroatoms. The van der Waals surface area contributed by atoms with Crippen LogP contribution in [0, 0.1) is 12.8 Å². The van der Waals surface area contributed by atoms with Crippen molar-refractivity contribution in [1.82, 2.24) is 10.3 Å². The summed E-state index contributed by atoms with van der Waals surface area (Å²) in [5, 5.41) is 13.9. The molecule has 3 nitrogen and oxygen atoms in total. The fourth-order valence-electron chi connectivity index (χ4n) is 1.66. The van der Waals surface area contributed by atoms with Gasteiger partial charge in [0.2, 0.25) is 0 Å². The van der Waals surface area contributed by atoms with Crippen molar-refractivity contribution < 1.29 is 5.11 Å². The Hall–Kier alpha value is -0.450. The van der Waals surface area contributed by atoms with Crippen molar-refractivity contribution in [2.24, 2.45) is 5.92 Å². The Morgan fingerprint density at radius 3 is 2.62 bits per heavy atom. The van der Waals surface area contributed by atoms with Crippen molar-refractivity contribution in [2.75, 3.05) is 6.61 Å². The van der Waals surface area contributed by atoms with Gasteiger partial charge in [-0.05, 0) is 19.8 Å². The van der Waals surface area contributed by atoms with E-state index in [-0.39, 0.29) is 18.7 Å². The van der Waals surface area contributed by atoms with Crippen LogP contribution in [0.5, 0.6) is 0 Å². The van der Waals surface area contributed by atoms with Gasteiger partial charge in [-0.3, -0.25) is 0 Å². The van der Waals surface area contributed by atoms with Gasteiger partial charge in [-0.25, -0.2) is 4.98 Å². The van der Waals surface area contributed by atoms with Crippen LogP contribution < -0.4 is 5.32 Å². The first-order chi connectivity index (χ1) is 7.58. The molecular formula is C12H22N2OS. The largest absolute Gasteiger partial charge is 0.395 e. The molecule has 0 spiro atoms. The average Bonchev–Trinajstić information content (AvgIpc) is 2.71. The quantitative estimate of drug-likeness (QED) is 0.805. The SMILES string of the molecule is CCC(C)C(CO)NC(C)c1cnc(C)s1. The third-order valence-corrected chi connectivity index (χ3v) is 4.15. The Morgan fingerprint density at radius 2 is 2.19 bits per heavy atom. The van der Waals surface area contributed by atoms with Gasteiger partial charge in [0.15, 0.2) is 0 Å². The summed E-state index contributed by atoms with van der Waals surface area (Å²) in [5.41, 5.74) is 0. The molecular weight excluding hydrogens is 220 g/mol. The number of rotatable bonds is 6.